The van der Waals surface area contributed by atoms with Gasteiger partial charge < -0.3 is 23.5 Å². The van der Waals surface area contributed by atoms with Crippen LogP contribution in [0.1, 0.15) is 32.8 Å². The van der Waals surface area contributed by atoms with Crippen molar-refractivity contribution in [2.45, 2.75) is 39.7 Å². The average Bonchev–Trinajstić information content (AvgIpc) is 2.43. The predicted octanol–water partition coefficient (Wildman–Crippen LogP) is 3.08. The maximum Gasteiger partial charge on any atom is 0.500 e. The number of hydrogen-bond donors (Lipinski definition) is 2. The van der Waals surface area contributed by atoms with E-state index in [-0.39, 0.29) is 11.5 Å². The highest BCUT2D eigenvalue weighted by Crippen LogP contribution is 2.29. The molecule has 0 amide bonds. The van der Waals surface area contributed by atoms with Gasteiger partial charge in [0.25, 0.3) is 0 Å². The van der Waals surface area contributed by atoms with E-state index in [9.17, 15) is 10.2 Å². The van der Waals surface area contributed by atoms with Crippen LogP contribution in [0.3, 0.4) is 0 Å². The lowest BCUT2D eigenvalue weighted by Crippen LogP contribution is -2.46. The summed E-state index contributed by atoms with van der Waals surface area (Å²) in [6, 6.07) is 5.44. The maximum absolute atomic E-state index is 9.79. The highest BCUT2D eigenvalue weighted by atomic mass is 28.4. The second kappa shape index (κ2) is 9.04. The van der Waals surface area contributed by atoms with Gasteiger partial charge in [-0.2, -0.15) is 0 Å². The van der Waals surface area contributed by atoms with Crippen LogP contribution in [0.5, 0.6) is 11.5 Å². The summed E-state index contributed by atoms with van der Waals surface area (Å²) in [7, 11) is -2.65. The van der Waals surface area contributed by atoms with E-state index in [0.29, 0.717) is 37.8 Å². The lowest BCUT2D eigenvalue weighted by atomic mass is 10.1. The van der Waals surface area contributed by atoms with Gasteiger partial charge in [0.05, 0.1) is 0 Å². The van der Waals surface area contributed by atoms with Crippen molar-refractivity contribution in [3.63, 3.8) is 0 Å². The minimum atomic E-state index is -2.65. The molecule has 0 atom stereocenters. The Morgan fingerprint density at radius 3 is 1.81 bits per heavy atom. The summed E-state index contributed by atoms with van der Waals surface area (Å²) in [4.78, 5) is 0. The van der Waals surface area contributed by atoms with Crippen molar-refractivity contribution in [3.8, 4) is 11.5 Å². The van der Waals surface area contributed by atoms with Gasteiger partial charge in [-0.15, -0.1) is 0 Å². The van der Waals surface area contributed by atoms with Crippen molar-refractivity contribution in [2.75, 3.05) is 19.8 Å². The second-order valence-corrected chi connectivity index (χ2v) is 7.34. The van der Waals surface area contributed by atoms with E-state index < -0.39 is 8.80 Å². The van der Waals surface area contributed by atoms with E-state index in [4.69, 9.17) is 13.3 Å². The quantitative estimate of drug-likeness (QED) is 0.650. The Labute approximate surface area is 127 Å². The fraction of sp³-hybridized carbons (Fsp3) is 0.600. The van der Waals surface area contributed by atoms with Crippen LogP contribution < -0.4 is 0 Å². The number of rotatable bonds is 10. The van der Waals surface area contributed by atoms with Crippen molar-refractivity contribution < 1.29 is 23.5 Å². The third kappa shape index (κ3) is 5.31. The van der Waals surface area contributed by atoms with Gasteiger partial charge in [-0.1, -0.05) is 6.07 Å². The van der Waals surface area contributed by atoms with Gasteiger partial charge in [0.2, 0.25) is 0 Å². The van der Waals surface area contributed by atoms with Crippen molar-refractivity contribution in [1.82, 2.24) is 0 Å². The summed E-state index contributed by atoms with van der Waals surface area (Å²) in [6.45, 7) is 7.42. The molecule has 0 saturated carbocycles. The summed E-state index contributed by atoms with van der Waals surface area (Å²) in [6.07, 6.45) is 1.28. The van der Waals surface area contributed by atoms with Crippen LogP contribution >= 0.6 is 0 Å². The molecular formula is C15H26O5Si. The van der Waals surface area contributed by atoms with E-state index >= 15 is 0 Å². The zero-order valence-corrected chi connectivity index (χ0v) is 14.1. The van der Waals surface area contributed by atoms with Crippen LogP contribution in [0, 0.1) is 0 Å². The van der Waals surface area contributed by atoms with Crippen molar-refractivity contribution >= 4 is 8.80 Å². The third-order valence-corrected chi connectivity index (χ3v) is 6.28. The molecule has 0 aliphatic carbocycles. The van der Waals surface area contributed by atoms with E-state index in [0.717, 1.165) is 6.42 Å². The van der Waals surface area contributed by atoms with Gasteiger partial charge in [0, 0.05) is 31.4 Å². The molecule has 21 heavy (non-hydrogen) atoms. The first-order chi connectivity index (χ1) is 10.1. The summed E-state index contributed by atoms with van der Waals surface area (Å²) >= 11 is 0. The SMILES string of the molecule is CCO[Si](CCCc1c(O)cccc1O)(OCC)OCC. The highest BCUT2D eigenvalue weighted by molar-refractivity contribution is 6.60. The van der Waals surface area contributed by atoms with Gasteiger partial charge in [-0.3, -0.25) is 0 Å². The molecule has 120 valence electrons. The van der Waals surface area contributed by atoms with E-state index in [1.54, 1.807) is 18.2 Å². The maximum atomic E-state index is 9.79. The molecule has 2 N–H and O–H groups in total. The topological polar surface area (TPSA) is 68.2 Å². The summed E-state index contributed by atoms with van der Waals surface area (Å²) in [5.74, 6) is 0.234. The molecule has 0 aromatic heterocycles. The Kier molecular flexibility index (Phi) is 7.74. The zero-order valence-electron chi connectivity index (χ0n) is 13.1. The first-order valence-electron chi connectivity index (χ1n) is 7.50. The Morgan fingerprint density at radius 1 is 0.905 bits per heavy atom. The molecule has 0 fully saturated rings. The van der Waals surface area contributed by atoms with Crippen molar-refractivity contribution in [2.24, 2.45) is 0 Å². The smallest absolute Gasteiger partial charge is 0.500 e. The molecular weight excluding hydrogens is 288 g/mol. The molecule has 0 spiro atoms. The molecule has 0 bridgehead atoms. The van der Waals surface area contributed by atoms with E-state index in [1.165, 1.54) is 0 Å². The molecule has 1 rings (SSSR count). The van der Waals surface area contributed by atoms with Gasteiger partial charge in [0.15, 0.2) is 0 Å². The van der Waals surface area contributed by atoms with E-state index in [2.05, 4.69) is 0 Å². The molecule has 0 aliphatic rings. The predicted molar refractivity (Wildman–Crippen MR) is 83.5 cm³/mol. The largest absolute Gasteiger partial charge is 0.508 e. The van der Waals surface area contributed by atoms with E-state index in [1.807, 2.05) is 20.8 Å². The Balaban J connectivity index is 2.68. The van der Waals surface area contributed by atoms with Crippen molar-refractivity contribution in [1.29, 1.82) is 0 Å². The first kappa shape index (κ1) is 18.0. The minimum Gasteiger partial charge on any atom is -0.508 e. The second-order valence-electron chi connectivity index (χ2n) is 4.61. The molecule has 0 saturated heterocycles. The molecule has 1 aromatic rings. The van der Waals surface area contributed by atoms with Crippen LogP contribution in [0.2, 0.25) is 6.04 Å². The molecule has 0 heterocycles. The van der Waals surface area contributed by atoms with Crippen LogP contribution in [-0.2, 0) is 19.7 Å². The third-order valence-electron chi connectivity index (χ3n) is 3.13. The Hall–Kier alpha value is -1.08. The summed E-state index contributed by atoms with van der Waals surface area (Å²) < 4.78 is 17.3. The monoisotopic (exact) mass is 314 g/mol. The molecule has 6 heteroatoms. The van der Waals surface area contributed by atoms with Gasteiger partial charge in [0.1, 0.15) is 11.5 Å². The van der Waals surface area contributed by atoms with Gasteiger partial charge >= 0.3 is 8.80 Å². The van der Waals surface area contributed by atoms with Crippen LogP contribution in [0.15, 0.2) is 18.2 Å². The summed E-state index contributed by atoms with van der Waals surface area (Å²) in [5, 5.41) is 19.6. The van der Waals surface area contributed by atoms with Gasteiger partial charge in [-0.05, 0) is 45.7 Å². The number of benzene rings is 1. The van der Waals surface area contributed by atoms with Crippen LogP contribution in [0.25, 0.3) is 0 Å². The number of aromatic hydroxyl groups is 2. The molecule has 0 aliphatic heterocycles. The zero-order chi connectivity index (χ0) is 15.7. The highest BCUT2D eigenvalue weighted by Gasteiger charge is 2.39. The average molecular weight is 314 g/mol. The fourth-order valence-electron chi connectivity index (χ4n) is 2.30. The lowest BCUT2D eigenvalue weighted by Gasteiger charge is -2.28. The van der Waals surface area contributed by atoms with Gasteiger partial charge in [-0.25, -0.2) is 0 Å². The Morgan fingerprint density at radius 2 is 1.38 bits per heavy atom. The molecule has 0 unspecified atom stereocenters. The lowest BCUT2D eigenvalue weighted by molar-refractivity contribution is 0.0708. The first-order valence-corrected chi connectivity index (χ1v) is 9.43. The molecule has 1 aromatic carbocycles. The normalized spacial score (nSPS) is 11.8. The van der Waals surface area contributed by atoms with Crippen molar-refractivity contribution in [3.05, 3.63) is 23.8 Å². The fourth-order valence-corrected chi connectivity index (χ4v) is 4.91. The standard InChI is InChI=1S/C15H26O5Si/c1-4-18-21(19-5-2,20-6-3)12-8-9-13-14(16)10-7-11-15(13)17/h7,10-11,16-17H,4-6,8-9,12H2,1-3H3. The number of phenols is 2. The summed E-state index contributed by atoms with van der Waals surface area (Å²) in [5.41, 5.74) is 0.560. The minimum absolute atomic E-state index is 0.117. The van der Waals surface area contributed by atoms with Crippen LogP contribution in [-0.4, -0.2) is 38.8 Å². The number of hydrogen-bond acceptors (Lipinski definition) is 5. The Bertz CT molecular complexity index is 387. The molecule has 0 radical (unpaired) electrons. The number of phenolic OH excluding ortho intramolecular Hbond substituents is 2. The molecule has 5 nitrogen and oxygen atoms in total. The van der Waals surface area contributed by atoms with Crippen LogP contribution in [0.4, 0.5) is 0 Å².